The highest BCUT2D eigenvalue weighted by Gasteiger charge is 2.24. The third kappa shape index (κ3) is 3.16. The topological polar surface area (TPSA) is 61.5 Å². The molecule has 0 spiro atoms. The minimum atomic E-state index is -0.509. The van der Waals surface area contributed by atoms with Crippen molar-refractivity contribution in [3.8, 4) is 0 Å². The van der Waals surface area contributed by atoms with Crippen molar-refractivity contribution in [3.63, 3.8) is 0 Å². The van der Waals surface area contributed by atoms with Gasteiger partial charge in [0.1, 0.15) is 0 Å². The molecule has 3 rings (SSSR count). The number of hydrogen-bond donors (Lipinski definition) is 2. The molecule has 2 atom stereocenters. The quantitative estimate of drug-likeness (QED) is 0.885. The third-order valence-corrected chi connectivity index (χ3v) is 4.75. The standard InChI is InChI=1S/C17H25N3O2/c1-19-12-18-15-10-13(5-6-16(15)19)17(22)11-20-8-3-2-4-14(20)7-9-21/h5-6,10,12,14,17,21-22H,2-4,7-9,11H2,1H3. The van der Waals surface area contributed by atoms with Crippen molar-refractivity contribution in [2.75, 3.05) is 19.7 Å². The largest absolute Gasteiger partial charge is 0.396 e. The van der Waals surface area contributed by atoms with Gasteiger partial charge < -0.3 is 14.8 Å². The Morgan fingerprint density at radius 1 is 1.36 bits per heavy atom. The lowest BCUT2D eigenvalue weighted by atomic mass is 9.98. The molecule has 1 aliphatic rings. The fourth-order valence-electron chi connectivity index (χ4n) is 3.46. The highest BCUT2D eigenvalue weighted by atomic mass is 16.3. The Hall–Kier alpha value is -1.43. The number of hydrogen-bond acceptors (Lipinski definition) is 4. The molecule has 1 fully saturated rings. The maximum atomic E-state index is 10.6. The summed E-state index contributed by atoms with van der Waals surface area (Å²) in [6, 6.07) is 6.37. The zero-order valence-corrected chi connectivity index (χ0v) is 13.1. The Kier molecular flexibility index (Phi) is 4.76. The molecule has 1 saturated heterocycles. The number of piperidine rings is 1. The van der Waals surface area contributed by atoms with Crippen LogP contribution in [0.1, 0.15) is 37.4 Å². The normalized spacial score (nSPS) is 21.3. The lowest BCUT2D eigenvalue weighted by molar-refractivity contribution is 0.0565. The van der Waals surface area contributed by atoms with Gasteiger partial charge in [0, 0.05) is 26.2 Å². The lowest BCUT2D eigenvalue weighted by Crippen LogP contribution is -2.42. The molecule has 2 unspecified atom stereocenters. The molecule has 0 radical (unpaired) electrons. The zero-order valence-electron chi connectivity index (χ0n) is 13.1. The molecule has 1 aromatic heterocycles. The summed E-state index contributed by atoms with van der Waals surface area (Å²) in [5.41, 5.74) is 2.91. The van der Waals surface area contributed by atoms with E-state index in [2.05, 4.69) is 9.88 Å². The van der Waals surface area contributed by atoms with Crippen molar-refractivity contribution >= 4 is 11.0 Å². The Balaban J connectivity index is 1.72. The molecule has 22 heavy (non-hydrogen) atoms. The fraction of sp³-hybridized carbons (Fsp3) is 0.588. The Bertz CT molecular complexity index is 623. The van der Waals surface area contributed by atoms with Crippen molar-refractivity contribution in [2.45, 2.75) is 37.8 Å². The van der Waals surface area contributed by atoms with Gasteiger partial charge in [0.05, 0.1) is 23.5 Å². The number of imidazole rings is 1. The second-order valence-electron chi connectivity index (χ2n) is 6.28. The lowest BCUT2D eigenvalue weighted by Gasteiger charge is -2.36. The average molecular weight is 303 g/mol. The van der Waals surface area contributed by atoms with Crippen LogP contribution in [0.15, 0.2) is 24.5 Å². The van der Waals surface area contributed by atoms with Gasteiger partial charge in [0.2, 0.25) is 0 Å². The number of rotatable bonds is 5. The van der Waals surface area contributed by atoms with E-state index in [1.54, 1.807) is 6.33 Å². The van der Waals surface area contributed by atoms with Gasteiger partial charge in [-0.15, -0.1) is 0 Å². The molecule has 0 aliphatic carbocycles. The van der Waals surface area contributed by atoms with E-state index in [1.165, 1.54) is 12.8 Å². The van der Waals surface area contributed by atoms with E-state index < -0.39 is 6.10 Å². The summed E-state index contributed by atoms with van der Waals surface area (Å²) in [6.45, 7) is 1.85. The van der Waals surface area contributed by atoms with Gasteiger partial charge in [0.15, 0.2) is 0 Å². The first kappa shape index (κ1) is 15.5. The van der Waals surface area contributed by atoms with Crippen molar-refractivity contribution in [3.05, 3.63) is 30.1 Å². The zero-order chi connectivity index (χ0) is 15.5. The predicted molar refractivity (Wildman–Crippen MR) is 86.6 cm³/mol. The summed E-state index contributed by atoms with van der Waals surface area (Å²) in [5, 5.41) is 19.8. The molecule has 1 aliphatic heterocycles. The summed E-state index contributed by atoms with van der Waals surface area (Å²) in [7, 11) is 1.97. The number of likely N-dealkylation sites (tertiary alicyclic amines) is 1. The number of β-amino-alcohol motifs (C(OH)–C–C–N with tert-alkyl or cyclic N) is 1. The SMILES string of the molecule is Cn1cnc2cc(C(O)CN3CCCCC3CCO)ccc21. The third-order valence-electron chi connectivity index (χ3n) is 4.75. The van der Waals surface area contributed by atoms with Gasteiger partial charge in [-0.05, 0) is 43.5 Å². The maximum absolute atomic E-state index is 10.6. The van der Waals surface area contributed by atoms with E-state index in [0.29, 0.717) is 12.6 Å². The van der Waals surface area contributed by atoms with Crippen molar-refractivity contribution < 1.29 is 10.2 Å². The van der Waals surface area contributed by atoms with Crippen LogP contribution in [0, 0.1) is 0 Å². The van der Waals surface area contributed by atoms with Crippen LogP contribution >= 0.6 is 0 Å². The molecule has 0 bridgehead atoms. The summed E-state index contributed by atoms with van der Waals surface area (Å²) in [4.78, 5) is 6.68. The smallest absolute Gasteiger partial charge is 0.0955 e. The maximum Gasteiger partial charge on any atom is 0.0955 e. The van der Waals surface area contributed by atoms with Gasteiger partial charge in [-0.1, -0.05) is 12.5 Å². The Morgan fingerprint density at radius 2 is 2.23 bits per heavy atom. The van der Waals surface area contributed by atoms with Crippen molar-refractivity contribution in [2.24, 2.45) is 7.05 Å². The molecule has 0 amide bonds. The van der Waals surface area contributed by atoms with Crippen LogP contribution in [-0.4, -0.2) is 50.4 Å². The molecule has 2 N–H and O–H groups in total. The molecule has 5 heteroatoms. The van der Waals surface area contributed by atoms with Crippen molar-refractivity contribution in [1.29, 1.82) is 0 Å². The molecule has 0 saturated carbocycles. The van der Waals surface area contributed by atoms with E-state index in [9.17, 15) is 10.2 Å². The number of aliphatic hydroxyl groups excluding tert-OH is 2. The van der Waals surface area contributed by atoms with Gasteiger partial charge in [-0.3, -0.25) is 4.90 Å². The minimum Gasteiger partial charge on any atom is -0.396 e. The van der Waals surface area contributed by atoms with Crippen LogP contribution in [-0.2, 0) is 7.05 Å². The van der Waals surface area contributed by atoms with Crippen LogP contribution < -0.4 is 0 Å². The molecule has 120 valence electrons. The summed E-state index contributed by atoms with van der Waals surface area (Å²) < 4.78 is 1.98. The Labute approximate surface area is 131 Å². The van der Waals surface area contributed by atoms with E-state index in [1.807, 2.05) is 29.8 Å². The molecule has 2 aromatic rings. The van der Waals surface area contributed by atoms with Crippen LogP contribution in [0.5, 0.6) is 0 Å². The van der Waals surface area contributed by atoms with Gasteiger partial charge >= 0.3 is 0 Å². The second kappa shape index (κ2) is 6.77. The van der Waals surface area contributed by atoms with Crippen LogP contribution in [0.25, 0.3) is 11.0 Å². The second-order valence-corrected chi connectivity index (χ2v) is 6.28. The van der Waals surface area contributed by atoms with Crippen LogP contribution in [0.3, 0.4) is 0 Å². The number of benzene rings is 1. The summed E-state index contributed by atoms with van der Waals surface area (Å²) in [5.74, 6) is 0. The van der Waals surface area contributed by atoms with E-state index in [0.717, 1.165) is 36.0 Å². The Morgan fingerprint density at radius 3 is 3.05 bits per heavy atom. The summed E-state index contributed by atoms with van der Waals surface area (Å²) >= 11 is 0. The average Bonchev–Trinajstić information content (AvgIpc) is 2.90. The number of aliphatic hydroxyl groups is 2. The van der Waals surface area contributed by atoms with Gasteiger partial charge in [-0.2, -0.15) is 0 Å². The highest BCUT2D eigenvalue weighted by Crippen LogP contribution is 2.25. The number of aryl methyl sites for hydroxylation is 1. The molecular formula is C17H25N3O2. The monoisotopic (exact) mass is 303 g/mol. The molecule has 2 heterocycles. The first-order valence-electron chi connectivity index (χ1n) is 8.13. The molecule has 5 nitrogen and oxygen atoms in total. The van der Waals surface area contributed by atoms with E-state index in [-0.39, 0.29) is 6.61 Å². The highest BCUT2D eigenvalue weighted by molar-refractivity contribution is 5.76. The van der Waals surface area contributed by atoms with Crippen LogP contribution in [0.4, 0.5) is 0 Å². The molecular weight excluding hydrogens is 278 g/mol. The minimum absolute atomic E-state index is 0.219. The number of fused-ring (bicyclic) bond motifs is 1. The van der Waals surface area contributed by atoms with Gasteiger partial charge in [-0.25, -0.2) is 4.98 Å². The molecule has 1 aromatic carbocycles. The number of aromatic nitrogens is 2. The summed E-state index contributed by atoms with van der Waals surface area (Å²) in [6.07, 6.45) is 5.59. The van der Waals surface area contributed by atoms with Gasteiger partial charge in [0.25, 0.3) is 0 Å². The van der Waals surface area contributed by atoms with E-state index >= 15 is 0 Å². The fourth-order valence-corrected chi connectivity index (χ4v) is 3.46. The first-order valence-corrected chi connectivity index (χ1v) is 8.13. The van der Waals surface area contributed by atoms with Crippen molar-refractivity contribution in [1.82, 2.24) is 14.5 Å². The van der Waals surface area contributed by atoms with Crippen LogP contribution in [0.2, 0.25) is 0 Å². The van der Waals surface area contributed by atoms with E-state index in [4.69, 9.17) is 0 Å². The predicted octanol–water partition coefficient (Wildman–Crippen LogP) is 1.84. The number of nitrogens with zero attached hydrogens (tertiary/aromatic N) is 3. The first-order chi connectivity index (χ1) is 10.7.